The molecular formula is C8H7IN4S. The molecule has 14 heavy (non-hydrogen) atoms. The Kier molecular flexibility index (Phi) is 2.92. The highest BCUT2D eigenvalue weighted by atomic mass is 127. The first-order chi connectivity index (χ1) is 6.81. The van der Waals surface area contributed by atoms with Crippen molar-refractivity contribution in [1.29, 1.82) is 0 Å². The van der Waals surface area contributed by atoms with Gasteiger partial charge in [0.25, 0.3) is 0 Å². The highest BCUT2D eigenvalue weighted by Crippen LogP contribution is 2.21. The quantitative estimate of drug-likeness (QED) is 0.863. The summed E-state index contributed by atoms with van der Waals surface area (Å²) in [6.45, 7) is 0. The van der Waals surface area contributed by atoms with Gasteiger partial charge in [-0.2, -0.15) is 0 Å². The summed E-state index contributed by atoms with van der Waals surface area (Å²) in [5.41, 5.74) is 0. The van der Waals surface area contributed by atoms with Gasteiger partial charge in [-0.15, -0.1) is 11.3 Å². The zero-order valence-electron chi connectivity index (χ0n) is 7.36. The lowest BCUT2D eigenvalue weighted by Gasteiger charge is -2.02. The van der Waals surface area contributed by atoms with E-state index >= 15 is 0 Å². The van der Waals surface area contributed by atoms with Crippen LogP contribution in [0.2, 0.25) is 0 Å². The smallest absolute Gasteiger partial charge is 0.190 e. The Bertz CT molecular complexity index is 429. The summed E-state index contributed by atoms with van der Waals surface area (Å²) in [6.07, 6.45) is 3.54. The van der Waals surface area contributed by atoms with E-state index in [1.165, 1.54) is 11.3 Å². The molecule has 0 radical (unpaired) electrons. The zero-order valence-corrected chi connectivity index (χ0v) is 10.3. The average molecular weight is 318 g/mol. The minimum absolute atomic E-state index is 0.671. The molecule has 0 saturated heterocycles. The Hall–Kier alpha value is -0.760. The van der Waals surface area contributed by atoms with Crippen molar-refractivity contribution in [2.75, 3.05) is 12.4 Å². The number of aromatic nitrogens is 3. The highest BCUT2D eigenvalue weighted by molar-refractivity contribution is 14.1. The highest BCUT2D eigenvalue weighted by Gasteiger charge is 2.06. The molecule has 0 unspecified atom stereocenters. The van der Waals surface area contributed by atoms with Crippen molar-refractivity contribution in [3.63, 3.8) is 0 Å². The second-order valence-electron chi connectivity index (χ2n) is 2.48. The molecule has 0 spiro atoms. The van der Waals surface area contributed by atoms with Crippen molar-refractivity contribution in [2.45, 2.75) is 0 Å². The van der Waals surface area contributed by atoms with E-state index in [9.17, 15) is 0 Å². The predicted octanol–water partition coefficient (Wildman–Crippen LogP) is 2.25. The molecule has 72 valence electrons. The maximum Gasteiger partial charge on any atom is 0.190 e. The number of halogens is 1. The third-order valence-electron chi connectivity index (χ3n) is 1.60. The number of hydrogen-bond acceptors (Lipinski definition) is 5. The lowest BCUT2D eigenvalue weighted by molar-refractivity contribution is 1.14. The van der Waals surface area contributed by atoms with Gasteiger partial charge in [0.05, 0.1) is 3.57 Å². The Morgan fingerprint density at radius 1 is 1.43 bits per heavy atom. The summed E-state index contributed by atoms with van der Waals surface area (Å²) >= 11 is 3.73. The van der Waals surface area contributed by atoms with Gasteiger partial charge in [0.2, 0.25) is 0 Å². The number of hydrogen-bond donors (Lipinski definition) is 1. The maximum absolute atomic E-state index is 4.35. The lowest BCUT2D eigenvalue weighted by atomic mass is 10.5. The zero-order chi connectivity index (χ0) is 9.97. The van der Waals surface area contributed by atoms with Gasteiger partial charge in [0.15, 0.2) is 10.8 Å². The fourth-order valence-electron chi connectivity index (χ4n) is 0.979. The van der Waals surface area contributed by atoms with Crippen LogP contribution < -0.4 is 5.32 Å². The van der Waals surface area contributed by atoms with E-state index in [0.29, 0.717) is 5.82 Å². The standard InChI is InChI=1S/C8H7IN4S/c1-10-6-5(9)4-12-7(13-6)8-11-2-3-14-8/h2-4H,1H3,(H,10,12,13). The summed E-state index contributed by atoms with van der Waals surface area (Å²) in [4.78, 5) is 12.7. The monoisotopic (exact) mass is 318 g/mol. The van der Waals surface area contributed by atoms with Crippen LogP contribution in [0.15, 0.2) is 17.8 Å². The second-order valence-corrected chi connectivity index (χ2v) is 4.53. The molecule has 2 aromatic heterocycles. The summed E-state index contributed by atoms with van der Waals surface area (Å²) in [5, 5.41) is 5.77. The normalized spacial score (nSPS) is 10.1. The Morgan fingerprint density at radius 2 is 2.29 bits per heavy atom. The molecule has 0 atom stereocenters. The van der Waals surface area contributed by atoms with E-state index in [0.717, 1.165) is 14.4 Å². The first-order valence-corrected chi connectivity index (χ1v) is 5.87. The second kappa shape index (κ2) is 4.18. The van der Waals surface area contributed by atoms with Gasteiger partial charge in [0, 0.05) is 24.8 Å². The van der Waals surface area contributed by atoms with Crippen molar-refractivity contribution in [3.8, 4) is 10.8 Å². The SMILES string of the molecule is CNc1nc(-c2nccs2)ncc1I. The molecule has 1 N–H and O–H groups in total. The predicted molar refractivity (Wildman–Crippen MR) is 65.4 cm³/mol. The van der Waals surface area contributed by atoms with Gasteiger partial charge < -0.3 is 5.32 Å². The summed E-state index contributed by atoms with van der Waals surface area (Å²) in [7, 11) is 1.84. The molecule has 6 heteroatoms. The number of anilines is 1. The largest absolute Gasteiger partial charge is 0.372 e. The molecule has 4 nitrogen and oxygen atoms in total. The van der Waals surface area contributed by atoms with Gasteiger partial charge in [-0.25, -0.2) is 15.0 Å². The summed E-state index contributed by atoms with van der Waals surface area (Å²) < 4.78 is 1.01. The van der Waals surface area contributed by atoms with Gasteiger partial charge in [0.1, 0.15) is 5.82 Å². The van der Waals surface area contributed by atoms with Crippen molar-refractivity contribution >= 4 is 39.7 Å². The molecule has 0 aliphatic rings. The van der Waals surface area contributed by atoms with Crippen LogP contribution in [-0.2, 0) is 0 Å². The Balaban J connectivity index is 2.46. The van der Waals surface area contributed by atoms with Crippen LogP contribution in [0, 0.1) is 3.57 Å². The van der Waals surface area contributed by atoms with Crippen LogP contribution in [0.3, 0.4) is 0 Å². The van der Waals surface area contributed by atoms with Crippen LogP contribution in [0.25, 0.3) is 10.8 Å². The molecule has 2 heterocycles. The molecule has 0 aliphatic heterocycles. The molecule has 2 aromatic rings. The summed E-state index contributed by atoms with van der Waals surface area (Å²) in [5.74, 6) is 1.51. The third kappa shape index (κ3) is 1.85. The molecular weight excluding hydrogens is 311 g/mol. The van der Waals surface area contributed by atoms with E-state index in [1.807, 2.05) is 12.4 Å². The van der Waals surface area contributed by atoms with Gasteiger partial charge in [-0.1, -0.05) is 0 Å². The first-order valence-electron chi connectivity index (χ1n) is 3.91. The van der Waals surface area contributed by atoms with Gasteiger partial charge in [-0.3, -0.25) is 0 Å². The van der Waals surface area contributed by atoms with Crippen molar-refractivity contribution in [2.24, 2.45) is 0 Å². The Labute approximate surface area is 99.0 Å². The molecule has 0 saturated carbocycles. The average Bonchev–Trinajstić information content (AvgIpc) is 2.71. The minimum Gasteiger partial charge on any atom is -0.372 e. The number of nitrogens with one attached hydrogen (secondary N) is 1. The first kappa shape index (κ1) is 9.78. The van der Waals surface area contributed by atoms with Crippen LogP contribution in [0.4, 0.5) is 5.82 Å². The molecule has 0 amide bonds. The molecule has 0 aromatic carbocycles. The van der Waals surface area contributed by atoms with Crippen LogP contribution >= 0.6 is 33.9 Å². The van der Waals surface area contributed by atoms with Gasteiger partial charge >= 0.3 is 0 Å². The van der Waals surface area contributed by atoms with E-state index in [-0.39, 0.29) is 0 Å². The van der Waals surface area contributed by atoms with Crippen molar-refractivity contribution < 1.29 is 0 Å². The fraction of sp³-hybridized carbons (Fsp3) is 0.125. The molecule has 0 bridgehead atoms. The molecule has 2 rings (SSSR count). The van der Waals surface area contributed by atoms with Crippen LogP contribution in [0.5, 0.6) is 0 Å². The lowest BCUT2D eigenvalue weighted by Crippen LogP contribution is -1.98. The van der Waals surface area contributed by atoms with Crippen LogP contribution in [-0.4, -0.2) is 22.0 Å². The van der Waals surface area contributed by atoms with E-state index in [4.69, 9.17) is 0 Å². The topological polar surface area (TPSA) is 50.7 Å². The summed E-state index contributed by atoms with van der Waals surface area (Å²) in [6, 6.07) is 0. The number of nitrogens with zero attached hydrogens (tertiary/aromatic N) is 3. The van der Waals surface area contributed by atoms with Crippen LogP contribution in [0.1, 0.15) is 0 Å². The number of rotatable bonds is 2. The maximum atomic E-state index is 4.35. The van der Waals surface area contributed by atoms with E-state index < -0.39 is 0 Å². The van der Waals surface area contributed by atoms with E-state index in [1.54, 1.807) is 12.4 Å². The van der Waals surface area contributed by atoms with Gasteiger partial charge in [-0.05, 0) is 22.6 Å². The minimum atomic E-state index is 0.671. The van der Waals surface area contributed by atoms with Crippen molar-refractivity contribution in [1.82, 2.24) is 15.0 Å². The van der Waals surface area contributed by atoms with Crippen molar-refractivity contribution in [3.05, 3.63) is 21.3 Å². The molecule has 0 fully saturated rings. The van der Waals surface area contributed by atoms with E-state index in [2.05, 4.69) is 42.9 Å². The Morgan fingerprint density at radius 3 is 2.93 bits per heavy atom. The molecule has 0 aliphatic carbocycles. The number of thiazole rings is 1. The fourth-order valence-corrected chi connectivity index (χ4v) is 2.09. The third-order valence-corrected chi connectivity index (χ3v) is 3.16.